The van der Waals surface area contributed by atoms with E-state index in [0.717, 1.165) is 30.1 Å². The van der Waals surface area contributed by atoms with Crippen LogP contribution in [-0.2, 0) is 0 Å². The molecule has 7 heteroatoms. The number of thiophene rings is 1. The standard InChI is InChI=1S/C21H24N4O2S/c1-15-5-7-16(8-6-15)21-23-19(24-27-21)17-9-10-18(28-17)20(26)22-11-14-25-12-3-2-4-13-25/h5-10H,2-4,11-14H2,1H3,(H,22,26). The Balaban J connectivity index is 1.36. The highest BCUT2D eigenvalue weighted by Crippen LogP contribution is 2.28. The number of rotatable bonds is 6. The van der Waals surface area contributed by atoms with Gasteiger partial charge in [-0.2, -0.15) is 4.98 Å². The number of aryl methyl sites for hydroxylation is 1. The Hall–Kier alpha value is -2.51. The molecule has 1 amide bonds. The molecule has 3 heterocycles. The van der Waals surface area contributed by atoms with E-state index in [-0.39, 0.29) is 5.91 Å². The second kappa shape index (κ2) is 8.67. The van der Waals surface area contributed by atoms with Crippen LogP contribution in [-0.4, -0.2) is 47.1 Å². The number of aromatic nitrogens is 2. The molecule has 0 aliphatic carbocycles. The summed E-state index contributed by atoms with van der Waals surface area (Å²) < 4.78 is 5.39. The summed E-state index contributed by atoms with van der Waals surface area (Å²) in [6, 6.07) is 11.6. The van der Waals surface area contributed by atoms with Crippen molar-refractivity contribution in [3.63, 3.8) is 0 Å². The zero-order valence-electron chi connectivity index (χ0n) is 16.0. The minimum Gasteiger partial charge on any atom is -0.350 e. The molecule has 2 aromatic heterocycles. The summed E-state index contributed by atoms with van der Waals surface area (Å²) in [5, 5.41) is 7.08. The minimum atomic E-state index is -0.0458. The van der Waals surface area contributed by atoms with Crippen LogP contribution >= 0.6 is 11.3 Å². The number of benzene rings is 1. The topological polar surface area (TPSA) is 71.3 Å². The number of nitrogens with zero attached hydrogens (tertiary/aromatic N) is 3. The normalized spacial score (nSPS) is 14.9. The second-order valence-corrected chi connectivity index (χ2v) is 8.20. The van der Waals surface area contributed by atoms with Crippen molar-refractivity contribution >= 4 is 17.2 Å². The largest absolute Gasteiger partial charge is 0.350 e. The van der Waals surface area contributed by atoms with Gasteiger partial charge < -0.3 is 14.7 Å². The number of hydrogen-bond donors (Lipinski definition) is 1. The van der Waals surface area contributed by atoms with Crippen LogP contribution in [0.4, 0.5) is 0 Å². The average molecular weight is 397 g/mol. The van der Waals surface area contributed by atoms with E-state index < -0.39 is 0 Å². The summed E-state index contributed by atoms with van der Waals surface area (Å²) in [5.41, 5.74) is 2.06. The maximum atomic E-state index is 12.4. The SMILES string of the molecule is Cc1ccc(-c2nc(-c3ccc(C(=O)NCCN4CCCCC4)s3)no2)cc1. The van der Waals surface area contributed by atoms with Gasteiger partial charge in [-0.3, -0.25) is 4.79 Å². The van der Waals surface area contributed by atoms with Crippen molar-refractivity contribution in [2.24, 2.45) is 0 Å². The Morgan fingerprint density at radius 2 is 1.93 bits per heavy atom. The maximum Gasteiger partial charge on any atom is 0.261 e. The molecule has 0 saturated carbocycles. The average Bonchev–Trinajstić information content (AvgIpc) is 3.39. The number of hydrogen-bond acceptors (Lipinski definition) is 6. The van der Waals surface area contributed by atoms with Gasteiger partial charge in [0, 0.05) is 18.7 Å². The first-order valence-electron chi connectivity index (χ1n) is 9.70. The van der Waals surface area contributed by atoms with E-state index in [1.165, 1.54) is 36.2 Å². The number of carbonyl (C=O) groups excluding carboxylic acids is 1. The van der Waals surface area contributed by atoms with Crippen molar-refractivity contribution in [3.05, 3.63) is 46.8 Å². The first-order chi connectivity index (χ1) is 13.7. The Morgan fingerprint density at radius 3 is 2.71 bits per heavy atom. The van der Waals surface area contributed by atoms with Crippen LogP contribution in [0.2, 0.25) is 0 Å². The fraction of sp³-hybridized carbons (Fsp3) is 0.381. The monoisotopic (exact) mass is 396 g/mol. The molecule has 0 spiro atoms. The lowest BCUT2D eigenvalue weighted by Crippen LogP contribution is -2.37. The first-order valence-corrected chi connectivity index (χ1v) is 10.5. The van der Waals surface area contributed by atoms with Gasteiger partial charge in [-0.05, 0) is 57.1 Å². The highest BCUT2D eigenvalue weighted by atomic mass is 32.1. The van der Waals surface area contributed by atoms with Gasteiger partial charge in [0.1, 0.15) is 0 Å². The minimum absolute atomic E-state index is 0.0458. The third-order valence-electron chi connectivity index (χ3n) is 4.94. The van der Waals surface area contributed by atoms with Crippen LogP contribution in [0.3, 0.4) is 0 Å². The van der Waals surface area contributed by atoms with Gasteiger partial charge in [0.25, 0.3) is 11.8 Å². The smallest absolute Gasteiger partial charge is 0.261 e. The highest BCUT2D eigenvalue weighted by Gasteiger charge is 2.16. The molecule has 1 fully saturated rings. The molecule has 0 atom stereocenters. The zero-order chi connectivity index (χ0) is 19.3. The van der Waals surface area contributed by atoms with E-state index in [9.17, 15) is 4.79 Å². The molecular weight excluding hydrogens is 372 g/mol. The van der Waals surface area contributed by atoms with Gasteiger partial charge in [0.2, 0.25) is 5.82 Å². The van der Waals surface area contributed by atoms with Crippen LogP contribution < -0.4 is 5.32 Å². The number of piperidine rings is 1. The second-order valence-electron chi connectivity index (χ2n) is 7.11. The molecule has 1 saturated heterocycles. The van der Waals surface area contributed by atoms with E-state index in [4.69, 9.17) is 4.52 Å². The summed E-state index contributed by atoms with van der Waals surface area (Å²) >= 11 is 1.38. The van der Waals surface area contributed by atoms with E-state index >= 15 is 0 Å². The lowest BCUT2D eigenvalue weighted by Gasteiger charge is -2.26. The van der Waals surface area contributed by atoms with Crippen molar-refractivity contribution in [3.8, 4) is 22.2 Å². The molecule has 0 bridgehead atoms. The quantitative estimate of drug-likeness (QED) is 0.682. The van der Waals surface area contributed by atoms with Gasteiger partial charge in [-0.1, -0.05) is 29.3 Å². The van der Waals surface area contributed by atoms with E-state index in [0.29, 0.717) is 23.1 Å². The maximum absolute atomic E-state index is 12.4. The van der Waals surface area contributed by atoms with Gasteiger partial charge in [-0.15, -0.1) is 11.3 Å². The van der Waals surface area contributed by atoms with Gasteiger partial charge in [0.15, 0.2) is 0 Å². The van der Waals surface area contributed by atoms with Crippen LogP contribution in [0.15, 0.2) is 40.9 Å². The molecular formula is C21H24N4O2S. The summed E-state index contributed by atoms with van der Waals surface area (Å²) in [7, 11) is 0. The fourth-order valence-corrected chi connectivity index (χ4v) is 4.16. The molecule has 28 heavy (non-hydrogen) atoms. The van der Waals surface area contributed by atoms with Crippen molar-refractivity contribution in [2.45, 2.75) is 26.2 Å². The summed E-state index contributed by atoms with van der Waals surface area (Å²) in [6.45, 7) is 5.90. The van der Waals surface area contributed by atoms with Crippen LogP contribution in [0.5, 0.6) is 0 Å². The number of carbonyl (C=O) groups is 1. The Labute approximate surface area is 168 Å². The van der Waals surface area contributed by atoms with E-state index in [1.807, 2.05) is 43.3 Å². The summed E-state index contributed by atoms with van der Waals surface area (Å²) in [4.78, 5) is 20.8. The summed E-state index contributed by atoms with van der Waals surface area (Å²) in [6.07, 6.45) is 3.84. The first kappa shape index (κ1) is 18.8. The van der Waals surface area contributed by atoms with E-state index in [2.05, 4.69) is 20.4 Å². The fourth-order valence-electron chi connectivity index (χ4n) is 3.31. The lowest BCUT2D eigenvalue weighted by atomic mass is 10.1. The van der Waals surface area contributed by atoms with Crippen molar-refractivity contribution in [1.29, 1.82) is 0 Å². The predicted octanol–water partition coefficient (Wildman–Crippen LogP) is 3.99. The molecule has 0 radical (unpaired) electrons. The van der Waals surface area contributed by atoms with Crippen LogP contribution in [0, 0.1) is 6.92 Å². The third-order valence-corrected chi connectivity index (χ3v) is 6.02. The van der Waals surface area contributed by atoms with Crippen LogP contribution in [0.1, 0.15) is 34.5 Å². The van der Waals surface area contributed by atoms with Crippen molar-refractivity contribution < 1.29 is 9.32 Å². The number of nitrogens with one attached hydrogen (secondary N) is 1. The molecule has 1 aliphatic rings. The molecule has 3 aromatic rings. The molecule has 4 rings (SSSR count). The Morgan fingerprint density at radius 1 is 1.14 bits per heavy atom. The van der Waals surface area contributed by atoms with Gasteiger partial charge in [-0.25, -0.2) is 0 Å². The van der Waals surface area contributed by atoms with E-state index in [1.54, 1.807) is 0 Å². The molecule has 1 aliphatic heterocycles. The van der Waals surface area contributed by atoms with Crippen molar-refractivity contribution in [1.82, 2.24) is 20.4 Å². The summed E-state index contributed by atoms with van der Waals surface area (Å²) in [5.74, 6) is 0.944. The van der Waals surface area contributed by atoms with Gasteiger partial charge in [0.05, 0.1) is 9.75 Å². The predicted molar refractivity (Wildman–Crippen MR) is 110 cm³/mol. The van der Waals surface area contributed by atoms with Gasteiger partial charge >= 0.3 is 0 Å². The molecule has 146 valence electrons. The van der Waals surface area contributed by atoms with Crippen molar-refractivity contribution in [2.75, 3.05) is 26.2 Å². The number of likely N-dealkylation sites (tertiary alicyclic amines) is 1. The molecule has 1 aromatic carbocycles. The Bertz CT molecular complexity index is 926. The van der Waals surface area contributed by atoms with Crippen LogP contribution in [0.25, 0.3) is 22.2 Å². The zero-order valence-corrected chi connectivity index (χ0v) is 16.8. The molecule has 1 N–H and O–H groups in total. The molecule has 0 unspecified atom stereocenters. The highest BCUT2D eigenvalue weighted by molar-refractivity contribution is 7.17. The lowest BCUT2D eigenvalue weighted by molar-refractivity contribution is 0.0950. The number of amides is 1. The third kappa shape index (κ3) is 4.48. The molecule has 6 nitrogen and oxygen atoms in total. The Kier molecular flexibility index (Phi) is 5.83.